The molecule has 4 nitrogen and oxygen atoms in total. The van der Waals surface area contributed by atoms with Crippen molar-refractivity contribution in [2.45, 2.75) is 136 Å². The number of nitrogens with zero attached hydrogens (tertiary/aromatic N) is 1. The Balaban J connectivity index is 1.94. The first-order valence-corrected chi connectivity index (χ1v) is 14.3. The maximum absolute atomic E-state index is 11.2. The highest BCUT2D eigenvalue weighted by molar-refractivity contribution is 5.72. The number of nitrogens with one attached hydrogen (secondary N) is 2. The Morgan fingerprint density at radius 3 is 1.94 bits per heavy atom. The second kappa shape index (κ2) is 20.1. The summed E-state index contributed by atoms with van der Waals surface area (Å²) in [7, 11) is 0. The van der Waals surface area contributed by atoms with E-state index in [0.717, 1.165) is 24.1 Å². The number of quaternary nitrogens is 1. The van der Waals surface area contributed by atoms with E-state index in [0.29, 0.717) is 6.17 Å². The van der Waals surface area contributed by atoms with Gasteiger partial charge in [0.1, 0.15) is 12.7 Å². The van der Waals surface area contributed by atoms with E-state index in [1.165, 1.54) is 109 Å². The number of unbranched alkanes of at least 4 members (excludes halogenated alkanes) is 14. The Morgan fingerprint density at radius 1 is 0.848 bits per heavy atom. The van der Waals surface area contributed by atoms with Gasteiger partial charge in [0, 0.05) is 13.3 Å². The molecule has 2 N–H and O–H groups in total. The lowest BCUT2D eigenvalue weighted by Crippen LogP contribution is -2.55. The number of hydrogen-bond acceptors (Lipinski definition) is 2. The molecule has 0 bridgehead atoms. The molecule has 2 unspecified atom stereocenters. The lowest BCUT2D eigenvalue weighted by atomic mass is 10.1. The minimum Gasteiger partial charge on any atom is -0.351 e. The zero-order valence-corrected chi connectivity index (χ0v) is 22.4. The smallest absolute Gasteiger partial charge is 0.217 e. The van der Waals surface area contributed by atoms with E-state index in [1.807, 2.05) is 0 Å². The summed E-state index contributed by atoms with van der Waals surface area (Å²) >= 11 is 0. The van der Waals surface area contributed by atoms with Crippen LogP contribution in [0.3, 0.4) is 0 Å². The van der Waals surface area contributed by atoms with Crippen LogP contribution in [0.4, 0.5) is 0 Å². The van der Waals surface area contributed by atoms with Crippen LogP contribution in [0, 0.1) is 0 Å². The molecule has 1 aliphatic heterocycles. The molecule has 2 atom stereocenters. The highest BCUT2D eigenvalue weighted by Gasteiger charge is 2.36. The second-order valence-electron chi connectivity index (χ2n) is 10.1. The Labute approximate surface area is 206 Å². The van der Waals surface area contributed by atoms with Gasteiger partial charge in [0.15, 0.2) is 6.17 Å². The maximum Gasteiger partial charge on any atom is 0.217 e. The van der Waals surface area contributed by atoms with Gasteiger partial charge >= 0.3 is 0 Å². The molecule has 0 fully saturated rings. The molecule has 1 aliphatic rings. The van der Waals surface area contributed by atoms with Crippen LogP contribution in [0.5, 0.6) is 0 Å². The van der Waals surface area contributed by atoms with E-state index < -0.39 is 0 Å². The summed E-state index contributed by atoms with van der Waals surface area (Å²) < 4.78 is 0.950. The molecule has 1 heterocycles. The Kier molecular flexibility index (Phi) is 18.1. The van der Waals surface area contributed by atoms with Crippen LogP contribution in [-0.2, 0) is 4.79 Å². The molecule has 0 aromatic rings. The fourth-order valence-electron chi connectivity index (χ4n) is 4.99. The van der Waals surface area contributed by atoms with Crippen molar-refractivity contribution in [3.63, 3.8) is 0 Å². The average Bonchev–Trinajstić information content (AvgIpc) is 3.21. The van der Waals surface area contributed by atoms with Gasteiger partial charge in [-0.3, -0.25) is 9.28 Å². The van der Waals surface area contributed by atoms with Gasteiger partial charge in [-0.1, -0.05) is 89.7 Å². The molecule has 33 heavy (non-hydrogen) atoms. The zero-order chi connectivity index (χ0) is 24.0. The van der Waals surface area contributed by atoms with E-state index in [9.17, 15) is 4.79 Å². The monoisotopic (exact) mass is 462 g/mol. The molecule has 0 aliphatic carbocycles. The minimum absolute atomic E-state index is 0.0657. The predicted octanol–water partition coefficient (Wildman–Crippen LogP) is 7.57. The van der Waals surface area contributed by atoms with Crippen molar-refractivity contribution in [1.29, 1.82) is 0 Å². The number of rotatable bonds is 22. The van der Waals surface area contributed by atoms with E-state index in [4.69, 9.17) is 0 Å². The van der Waals surface area contributed by atoms with Crippen molar-refractivity contribution >= 4 is 5.91 Å². The van der Waals surface area contributed by atoms with Crippen molar-refractivity contribution in [3.05, 3.63) is 24.6 Å². The molecule has 0 radical (unpaired) electrons. The van der Waals surface area contributed by atoms with Crippen LogP contribution in [0.25, 0.3) is 0 Å². The highest BCUT2D eigenvalue weighted by atomic mass is 16.1. The third-order valence-corrected chi connectivity index (χ3v) is 7.26. The van der Waals surface area contributed by atoms with Gasteiger partial charge in [-0.05, 0) is 39.0 Å². The van der Waals surface area contributed by atoms with Gasteiger partial charge in [-0.2, -0.15) is 0 Å². The summed E-state index contributed by atoms with van der Waals surface area (Å²) in [4.78, 5) is 11.2. The van der Waals surface area contributed by atoms with E-state index in [2.05, 4.69) is 49.0 Å². The summed E-state index contributed by atoms with van der Waals surface area (Å²) in [5, 5.41) is 6.52. The fourth-order valence-corrected chi connectivity index (χ4v) is 4.99. The van der Waals surface area contributed by atoms with Crippen LogP contribution in [0.1, 0.15) is 130 Å². The molecule has 0 aromatic carbocycles. The maximum atomic E-state index is 11.2. The Bertz CT molecular complexity index is 531. The SMILES string of the molecule is CCCCCCCCCC/C=C/CCCCCCCCC1NC=C[N+]1(CC)CCNC(C)=O. The van der Waals surface area contributed by atoms with Crippen molar-refractivity contribution < 1.29 is 9.28 Å². The van der Waals surface area contributed by atoms with Crippen LogP contribution in [0.15, 0.2) is 24.6 Å². The molecule has 1 rings (SSSR count). The molecular formula is C29H56N3O+. The molecule has 0 spiro atoms. The van der Waals surface area contributed by atoms with Crippen LogP contribution >= 0.6 is 0 Å². The van der Waals surface area contributed by atoms with Crippen molar-refractivity contribution in [1.82, 2.24) is 10.6 Å². The molecule has 0 saturated heterocycles. The summed E-state index contributed by atoms with van der Waals surface area (Å²) in [5.74, 6) is 0.0657. The van der Waals surface area contributed by atoms with Gasteiger partial charge in [-0.15, -0.1) is 0 Å². The fraction of sp³-hybridized carbons (Fsp3) is 0.828. The lowest BCUT2D eigenvalue weighted by molar-refractivity contribution is -0.898. The van der Waals surface area contributed by atoms with Gasteiger partial charge in [0.25, 0.3) is 0 Å². The second-order valence-corrected chi connectivity index (χ2v) is 10.1. The lowest BCUT2D eigenvalue weighted by Gasteiger charge is -2.37. The normalized spacial score (nSPS) is 19.9. The summed E-state index contributed by atoms with van der Waals surface area (Å²) in [6, 6.07) is 0. The van der Waals surface area contributed by atoms with Crippen molar-refractivity contribution in [2.75, 3.05) is 19.6 Å². The third-order valence-electron chi connectivity index (χ3n) is 7.26. The van der Waals surface area contributed by atoms with Crippen LogP contribution in [0.2, 0.25) is 0 Å². The third kappa shape index (κ3) is 14.6. The summed E-state index contributed by atoms with van der Waals surface area (Å²) in [6.07, 6.45) is 32.8. The number of carbonyl (C=O) groups excluding carboxylic acids is 1. The number of likely N-dealkylation sites (N-methyl/N-ethyl adjacent to an activating group) is 1. The van der Waals surface area contributed by atoms with Crippen LogP contribution < -0.4 is 10.6 Å². The first-order chi connectivity index (χ1) is 16.1. The zero-order valence-electron chi connectivity index (χ0n) is 22.4. The first-order valence-electron chi connectivity index (χ1n) is 14.3. The van der Waals surface area contributed by atoms with Gasteiger partial charge < -0.3 is 10.6 Å². The number of hydrogen-bond donors (Lipinski definition) is 2. The van der Waals surface area contributed by atoms with Gasteiger partial charge in [0.2, 0.25) is 5.91 Å². The molecule has 1 amide bonds. The van der Waals surface area contributed by atoms with Crippen LogP contribution in [-0.4, -0.2) is 36.2 Å². The van der Waals surface area contributed by atoms with E-state index in [-0.39, 0.29) is 5.91 Å². The summed E-state index contributed by atoms with van der Waals surface area (Å²) in [6.45, 7) is 8.93. The van der Waals surface area contributed by atoms with Gasteiger partial charge in [-0.25, -0.2) is 0 Å². The van der Waals surface area contributed by atoms with Gasteiger partial charge in [0.05, 0.1) is 19.3 Å². The van der Waals surface area contributed by atoms with Crippen molar-refractivity contribution in [3.8, 4) is 0 Å². The molecular weight excluding hydrogens is 406 g/mol. The largest absolute Gasteiger partial charge is 0.351 e. The summed E-state index contributed by atoms with van der Waals surface area (Å²) in [5.41, 5.74) is 0. The molecule has 4 heteroatoms. The molecule has 192 valence electrons. The number of allylic oxidation sites excluding steroid dienone is 2. The quantitative estimate of drug-likeness (QED) is 0.0989. The number of amides is 1. The first kappa shape index (κ1) is 29.7. The standard InChI is InChI=1S/C29H55N3O/c1-4-6-7-8-9-10-11-12-13-14-15-16-17-18-19-20-21-22-23-29-31-25-27-32(29,5-2)26-24-30-28(3)33/h14-15,25,27,29,31H,4-13,16-24,26H2,1-3H3/p+1/b15-14+. The van der Waals surface area contributed by atoms with E-state index >= 15 is 0 Å². The Hall–Kier alpha value is -1.29. The Morgan fingerprint density at radius 2 is 1.39 bits per heavy atom. The average molecular weight is 463 g/mol. The molecule has 0 saturated carbocycles. The van der Waals surface area contributed by atoms with E-state index in [1.54, 1.807) is 6.92 Å². The molecule has 0 aromatic heterocycles. The number of carbonyl (C=O) groups is 1. The highest BCUT2D eigenvalue weighted by Crippen LogP contribution is 2.23. The van der Waals surface area contributed by atoms with Crippen molar-refractivity contribution in [2.24, 2.45) is 0 Å². The minimum atomic E-state index is 0.0657. The topological polar surface area (TPSA) is 41.1 Å². The predicted molar refractivity (Wildman–Crippen MR) is 144 cm³/mol.